The van der Waals surface area contributed by atoms with Crippen LogP contribution < -0.4 is 0 Å². The average Bonchev–Trinajstić information content (AvgIpc) is 3.13. The molecule has 4 aliphatic rings. The van der Waals surface area contributed by atoms with E-state index in [1.54, 1.807) is 6.07 Å². The molecule has 36 heavy (non-hydrogen) atoms. The minimum absolute atomic E-state index is 0.283. The molecule has 2 aromatic carbocycles. The van der Waals surface area contributed by atoms with Gasteiger partial charge < -0.3 is 0 Å². The fraction of sp³-hybridized carbons (Fsp3) is 0.467. The van der Waals surface area contributed by atoms with Crippen molar-refractivity contribution in [2.75, 3.05) is 0 Å². The summed E-state index contributed by atoms with van der Waals surface area (Å²) >= 11 is 18.9. The maximum Gasteiger partial charge on any atom is 0.133 e. The summed E-state index contributed by atoms with van der Waals surface area (Å²) in [5.74, 6) is 3.00. The van der Waals surface area contributed by atoms with Crippen LogP contribution in [0, 0.1) is 30.1 Å². The molecular weight excluding hydrogens is 511 g/mol. The van der Waals surface area contributed by atoms with E-state index in [0.29, 0.717) is 33.7 Å². The molecule has 1 heterocycles. The molecule has 7 rings (SSSR count). The number of rotatable bonds is 7. The quantitative estimate of drug-likeness (QED) is 0.299. The maximum atomic E-state index is 13.3. The van der Waals surface area contributed by atoms with Crippen LogP contribution in [0.2, 0.25) is 15.1 Å². The van der Waals surface area contributed by atoms with E-state index in [2.05, 4.69) is 6.92 Å². The molecule has 0 spiro atoms. The van der Waals surface area contributed by atoms with Gasteiger partial charge in [-0.2, -0.15) is 5.10 Å². The fourth-order valence-electron chi connectivity index (χ4n) is 7.82. The first-order chi connectivity index (χ1) is 17.3. The number of nitrogens with zero attached hydrogens (tertiary/aromatic N) is 2. The summed E-state index contributed by atoms with van der Waals surface area (Å²) in [7, 11) is 0. The number of ketones is 1. The van der Waals surface area contributed by atoms with E-state index in [0.717, 1.165) is 52.4 Å². The lowest BCUT2D eigenvalue weighted by Gasteiger charge is -2.56. The van der Waals surface area contributed by atoms with Crippen molar-refractivity contribution in [3.8, 4) is 16.9 Å². The van der Waals surface area contributed by atoms with Gasteiger partial charge in [0.05, 0.1) is 22.1 Å². The molecular formula is C30H31Cl3N2O. The van der Waals surface area contributed by atoms with Crippen molar-refractivity contribution >= 4 is 40.6 Å². The Hall–Kier alpha value is -1.81. The topological polar surface area (TPSA) is 34.9 Å². The summed E-state index contributed by atoms with van der Waals surface area (Å²) in [6.07, 6.45) is 9.96. The first-order valence-electron chi connectivity index (χ1n) is 13.1. The minimum Gasteiger partial charge on any atom is -0.300 e. The van der Waals surface area contributed by atoms with Crippen molar-refractivity contribution in [2.24, 2.45) is 23.2 Å². The zero-order valence-corrected chi connectivity index (χ0v) is 22.8. The summed E-state index contributed by atoms with van der Waals surface area (Å²) in [4.78, 5) is 13.3. The lowest BCUT2D eigenvalue weighted by atomic mass is 9.48. The summed E-state index contributed by atoms with van der Waals surface area (Å²) in [5, 5.41) is 6.77. The van der Waals surface area contributed by atoms with Crippen molar-refractivity contribution in [3.05, 3.63) is 68.8 Å². The second-order valence-electron chi connectivity index (χ2n) is 11.6. The molecule has 0 saturated heterocycles. The summed E-state index contributed by atoms with van der Waals surface area (Å²) in [5.41, 5.74) is 5.00. The second-order valence-corrected chi connectivity index (χ2v) is 12.8. The molecule has 4 fully saturated rings. The van der Waals surface area contributed by atoms with Crippen LogP contribution in [-0.2, 0) is 11.2 Å². The normalized spacial score (nSPS) is 26.5. The van der Waals surface area contributed by atoms with Gasteiger partial charge in [0, 0.05) is 28.5 Å². The van der Waals surface area contributed by atoms with E-state index in [1.165, 1.54) is 38.5 Å². The summed E-state index contributed by atoms with van der Waals surface area (Å²) < 4.78 is 1.89. The Balaban J connectivity index is 1.26. The molecule has 4 bridgehead atoms. The molecule has 188 valence electrons. The Morgan fingerprint density at radius 1 is 0.944 bits per heavy atom. The zero-order valence-electron chi connectivity index (χ0n) is 20.6. The van der Waals surface area contributed by atoms with Crippen LogP contribution in [0.15, 0.2) is 42.5 Å². The van der Waals surface area contributed by atoms with Gasteiger partial charge in [-0.3, -0.25) is 4.79 Å². The van der Waals surface area contributed by atoms with E-state index in [4.69, 9.17) is 39.9 Å². The number of halogens is 3. The third kappa shape index (κ3) is 4.64. The van der Waals surface area contributed by atoms with E-state index < -0.39 is 0 Å². The van der Waals surface area contributed by atoms with Crippen molar-refractivity contribution in [2.45, 2.75) is 64.7 Å². The maximum absolute atomic E-state index is 13.3. The molecule has 0 atom stereocenters. The Morgan fingerprint density at radius 3 is 2.17 bits per heavy atom. The highest BCUT2D eigenvalue weighted by atomic mass is 35.5. The molecule has 6 heteroatoms. The van der Waals surface area contributed by atoms with E-state index in [9.17, 15) is 4.79 Å². The highest BCUT2D eigenvalue weighted by molar-refractivity contribution is 6.35. The van der Waals surface area contributed by atoms with Gasteiger partial charge in [-0.1, -0.05) is 46.9 Å². The van der Waals surface area contributed by atoms with Gasteiger partial charge in [-0.15, -0.1) is 0 Å². The van der Waals surface area contributed by atoms with Crippen molar-refractivity contribution in [1.29, 1.82) is 0 Å². The van der Waals surface area contributed by atoms with Gasteiger partial charge in [-0.25, -0.2) is 4.68 Å². The zero-order chi connectivity index (χ0) is 25.0. The number of benzene rings is 2. The number of hydrogen-bond acceptors (Lipinski definition) is 2. The molecule has 4 saturated carbocycles. The average molecular weight is 542 g/mol. The standard InChI is InChI=1S/C30H31Cl3N2O/c1-18-27(8-7-25(36)17-30-14-19-10-20(15-30)12-21(11-19)16-30)34-35(28-9-6-24(32)13-26(28)33)29(18)22-2-4-23(31)5-3-22/h2-6,9,13,19-21H,7-8,10-12,14-17H2,1H3. The lowest BCUT2D eigenvalue weighted by Crippen LogP contribution is -2.46. The SMILES string of the molecule is Cc1c(CCC(=O)CC23CC4CC(CC(C4)C2)C3)nn(-c2ccc(Cl)cc2Cl)c1-c1ccc(Cl)cc1. The van der Waals surface area contributed by atoms with Crippen LogP contribution in [0.3, 0.4) is 0 Å². The van der Waals surface area contributed by atoms with E-state index >= 15 is 0 Å². The molecule has 0 amide bonds. The Morgan fingerprint density at radius 2 is 1.56 bits per heavy atom. The predicted octanol–water partition coefficient (Wildman–Crippen LogP) is 8.92. The van der Waals surface area contributed by atoms with Crippen LogP contribution >= 0.6 is 34.8 Å². The molecule has 0 N–H and O–H groups in total. The third-order valence-electron chi connectivity index (χ3n) is 8.85. The van der Waals surface area contributed by atoms with Gasteiger partial charge in [0.1, 0.15) is 5.78 Å². The van der Waals surface area contributed by atoms with Gasteiger partial charge in [0.25, 0.3) is 0 Å². The molecule has 0 unspecified atom stereocenters. The van der Waals surface area contributed by atoms with Gasteiger partial charge >= 0.3 is 0 Å². The summed E-state index contributed by atoms with van der Waals surface area (Å²) in [6.45, 7) is 2.08. The number of aromatic nitrogens is 2. The highest BCUT2D eigenvalue weighted by Gasteiger charge is 2.51. The van der Waals surface area contributed by atoms with Gasteiger partial charge in [0.15, 0.2) is 0 Å². The number of carbonyl (C=O) groups is 1. The third-order valence-corrected chi connectivity index (χ3v) is 9.64. The number of hydrogen-bond donors (Lipinski definition) is 0. The van der Waals surface area contributed by atoms with Crippen LogP contribution in [0.1, 0.15) is 62.6 Å². The first kappa shape index (κ1) is 24.5. The number of Topliss-reactive ketones (excluding diaryl/α,β-unsaturated/α-hetero) is 1. The Kier molecular flexibility index (Phi) is 6.47. The monoisotopic (exact) mass is 540 g/mol. The van der Waals surface area contributed by atoms with Crippen LogP contribution in [-0.4, -0.2) is 15.6 Å². The molecule has 4 aliphatic carbocycles. The molecule has 1 aromatic heterocycles. The van der Waals surface area contributed by atoms with Gasteiger partial charge in [0.2, 0.25) is 0 Å². The number of aryl methyl sites for hydroxylation is 1. The Bertz CT molecular complexity index is 1280. The second kappa shape index (κ2) is 9.49. The lowest BCUT2D eigenvalue weighted by molar-refractivity contribution is -0.127. The fourth-order valence-corrected chi connectivity index (χ4v) is 8.44. The van der Waals surface area contributed by atoms with Crippen LogP contribution in [0.5, 0.6) is 0 Å². The largest absolute Gasteiger partial charge is 0.300 e. The van der Waals surface area contributed by atoms with E-state index in [-0.39, 0.29) is 5.41 Å². The van der Waals surface area contributed by atoms with Gasteiger partial charge in [-0.05, 0) is 111 Å². The molecule has 3 nitrogen and oxygen atoms in total. The molecule has 3 aromatic rings. The smallest absolute Gasteiger partial charge is 0.133 e. The van der Waals surface area contributed by atoms with E-state index in [1.807, 2.05) is 41.1 Å². The van der Waals surface area contributed by atoms with Crippen molar-refractivity contribution in [1.82, 2.24) is 9.78 Å². The first-order valence-corrected chi connectivity index (χ1v) is 14.2. The van der Waals surface area contributed by atoms with Crippen LogP contribution in [0.25, 0.3) is 16.9 Å². The van der Waals surface area contributed by atoms with Crippen LogP contribution in [0.4, 0.5) is 0 Å². The minimum atomic E-state index is 0.283. The van der Waals surface area contributed by atoms with Crippen molar-refractivity contribution < 1.29 is 4.79 Å². The predicted molar refractivity (Wildman–Crippen MR) is 147 cm³/mol. The number of carbonyl (C=O) groups excluding carboxylic acids is 1. The molecule has 0 aliphatic heterocycles. The Labute approximate surface area is 228 Å². The summed E-state index contributed by atoms with van der Waals surface area (Å²) in [6, 6.07) is 13.2. The van der Waals surface area contributed by atoms with Crippen molar-refractivity contribution in [3.63, 3.8) is 0 Å². The highest BCUT2D eigenvalue weighted by Crippen LogP contribution is 2.61. The molecule has 0 radical (unpaired) electrons.